The maximum Gasteiger partial charge on any atom is 0.135 e. The first-order valence-corrected chi connectivity index (χ1v) is 4.52. The first-order valence-electron chi connectivity index (χ1n) is 4.52. The fourth-order valence-electron chi connectivity index (χ4n) is 2.22. The summed E-state index contributed by atoms with van der Waals surface area (Å²) in [5.74, 6) is -0.616. The highest BCUT2D eigenvalue weighted by atomic mass is 16.5. The molecule has 5 nitrogen and oxygen atoms in total. The molecule has 2 N–H and O–H groups in total. The minimum absolute atomic E-state index is 0.0603. The van der Waals surface area contributed by atoms with Gasteiger partial charge in [-0.3, -0.25) is 0 Å². The number of hydrogen-bond donors (Lipinski definition) is 2. The summed E-state index contributed by atoms with van der Waals surface area (Å²) in [6.45, 7) is 6.76. The average molecular weight is 200 g/mol. The number of oxime groups is 1. The van der Waals surface area contributed by atoms with Gasteiger partial charge in [0.05, 0.1) is 0 Å². The summed E-state index contributed by atoms with van der Waals surface area (Å²) in [6, 6.07) is 0. The molecule has 0 saturated carbocycles. The van der Waals surface area contributed by atoms with Gasteiger partial charge in [0.25, 0.3) is 0 Å². The number of rotatable bonds is 1. The smallest absolute Gasteiger partial charge is 0.135 e. The normalized spacial score (nSPS) is 37.4. The second-order valence-corrected chi connectivity index (χ2v) is 4.77. The molecule has 80 valence electrons. The van der Waals surface area contributed by atoms with Crippen LogP contribution in [0.4, 0.5) is 0 Å². The average Bonchev–Trinajstić information content (AvgIpc) is 2.22. The van der Waals surface area contributed by atoms with Crippen LogP contribution in [0.2, 0.25) is 0 Å². The van der Waals surface area contributed by atoms with Crippen molar-refractivity contribution < 1.29 is 15.1 Å². The van der Waals surface area contributed by atoms with Gasteiger partial charge in [-0.05, 0) is 27.7 Å². The Hall–Kier alpha value is -0.940. The Morgan fingerprint density at radius 1 is 1.50 bits per heavy atom. The second kappa shape index (κ2) is 3.03. The molecule has 0 aromatic rings. The second-order valence-electron chi connectivity index (χ2n) is 4.77. The topological polar surface area (TPSA) is 77.2 Å². The van der Waals surface area contributed by atoms with E-state index >= 15 is 0 Å². The molecular formula is C9H16N2O3. The lowest BCUT2D eigenvalue weighted by atomic mass is 9.86. The molecule has 0 aliphatic carbocycles. The van der Waals surface area contributed by atoms with Gasteiger partial charge in [-0.25, -0.2) is 0 Å². The zero-order valence-electron chi connectivity index (χ0n) is 8.87. The van der Waals surface area contributed by atoms with Crippen LogP contribution in [0, 0.1) is 11.1 Å². The van der Waals surface area contributed by atoms with E-state index in [1.54, 1.807) is 27.7 Å². The van der Waals surface area contributed by atoms with E-state index in [1.807, 2.05) is 0 Å². The Bertz CT molecular complexity index is 284. The van der Waals surface area contributed by atoms with Gasteiger partial charge in [-0.15, -0.1) is 0 Å². The van der Waals surface area contributed by atoms with Crippen LogP contribution in [0.15, 0.2) is 5.16 Å². The lowest BCUT2D eigenvalue weighted by Gasteiger charge is -2.39. The van der Waals surface area contributed by atoms with E-state index in [0.717, 1.165) is 0 Å². The first kappa shape index (κ1) is 11.1. The molecule has 2 unspecified atom stereocenters. The van der Waals surface area contributed by atoms with Crippen molar-refractivity contribution in [2.24, 2.45) is 11.1 Å². The summed E-state index contributed by atoms with van der Waals surface area (Å²) in [6.07, 6.45) is 0.682. The molecule has 1 aliphatic rings. The van der Waals surface area contributed by atoms with Crippen LogP contribution in [0.3, 0.4) is 0 Å². The van der Waals surface area contributed by atoms with E-state index in [2.05, 4.69) is 5.16 Å². The third kappa shape index (κ3) is 1.16. The van der Waals surface area contributed by atoms with Crippen molar-refractivity contribution in [3.63, 3.8) is 0 Å². The highest BCUT2D eigenvalue weighted by molar-refractivity contribution is 6.04. The van der Waals surface area contributed by atoms with Crippen molar-refractivity contribution in [2.45, 2.75) is 38.8 Å². The monoisotopic (exact) mass is 200 g/mol. The molecule has 0 aromatic carbocycles. The van der Waals surface area contributed by atoms with Crippen molar-refractivity contribution in [1.29, 1.82) is 0 Å². The Kier molecular flexibility index (Phi) is 2.41. The predicted octanol–water partition coefficient (Wildman–Crippen LogP) is -0.415. The minimum Gasteiger partial charge on any atom is -0.633 e. The molecule has 5 heteroatoms. The van der Waals surface area contributed by atoms with Crippen molar-refractivity contribution in [3.8, 4) is 0 Å². The van der Waals surface area contributed by atoms with E-state index in [0.29, 0.717) is 6.29 Å². The predicted molar refractivity (Wildman–Crippen MR) is 51.3 cm³/mol. The van der Waals surface area contributed by atoms with Gasteiger partial charge in [0.2, 0.25) is 0 Å². The Morgan fingerprint density at radius 3 is 2.29 bits per heavy atom. The fourth-order valence-corrected chi connectivity index (χ4v) is 2.22. The summed E-state index contributed by atoms with van der Waals surface area (Å²) < 4.78 is 0. The maximum atomic E-state index is 11.9. The minimum atomic E-state index is -0.843. The molecule has 1 aliphatic heterocycles. The van der Waals surface area contributed by atoms with Gasteiger partial charge in [0, 0.05) is 0 Å². The van der Waals surface area contributed by atoms with Gasteiger partial charge < -0.3 is 20.3 Å². The molecule has 0 radical (unpaired) electrons. The highest BCUT2D eigenvalue weighted by Gasteiger charge is 2.57. The molecule has 1 rings (SSSR count). The van der Waals surface area contributed by atoms with E-state index in [9.17, 15) is 10.0 Å². The number of hydrogen-bond acceptors (Lipinski definition) is 4. The number of nitrogens with zero attached hydrogens (tertiary/aromatic N) is 1. The molecule has 0 spiro atoms. The Balaban J connectivity index is 3.28. The standard InChI is InChI=1S/C9H16N2O3/c1-8(2)6(5-12)7(10-13)9(3,4)11(8)14/h5-6,11,13H,1-4H3/b10-7+. The van der Waals surface area contributed by atoms with Crippen LogP contribution in [0.25, 0.3) is 0 Å². The van der Waals surface area contributed by atoms with Gasteiger partial charge in [0.1, 0.15) is 29.0 Å². The van der Waals surface area contributed by atoms with Crippen molar-refractivity contribution >= 4 is 12.0 Å². The summed E-state index contributed by atoms with van der Waals surface area (Å²) in [5.41, 5.74) is -1.35. The van der Waals surface area contributed by atoms with Crippen LogP contribution < -0.4 is 5.06 Å². The summed E-state index contributed by atoms with van der Waals surface area (Å²) >= 11 is 0. The summed E-state index contributed by atoms with van der Waals surface area (Å²) in [7, 11) is 0. The number of quaternary nitrogens is 1. The molecule has 1 fully saturated rings. The van der Waals surface area contributed by atoms with Crippen LogP contribution >= 0.6 is 0 Å². The van der Waals surface area contributed by atoms with E-state index < -0.39 is 17.0 Å². The van der Waals surface area contributed by atoms with Crippen LogP contribution in [-0.4, -0.2) is 28.3 Å². The molecule has 1 saturated heterocycles. The zero-order chi connectivity index (χ0) is 11.1. The first-order chi connectivity index (χ1) is 6.30. The third-order valence-electron chi connectivity index (χ3n) is 3.11. The van der Waals surface area contributed by atoms with Crippen LogP contribution in [0.1, 0.15) is 27.7 Å². The summed E-state index contributed by atoms with van der Waals surface area (Å²) in [4.78, 5) is 10.9. The summed E-state index contributed by atoms with van der Waals surface area (Å²) in [5, 5.41) is 23.8. The number of hydroxylamine groups is 2. The lowest BCUT2D eigenvalue weighted by Crippen LogP contribution is -3.20. The van der Waals surface area contributed by atoms with E-state index in [-0.39, 0.29) is 10.8 Å². The largest absolute Gasteiger partial charge is 0.633 e. The Labute approximate surface area is 83.0 Å². The lowest BCUT2D eigenvalue weighted by molar-refractivity contribution is -0.928. The molecule has 0 amide bonds. The van der Waals surface area contributed by atoms with Crippen molar-refractivity contribution in [3.05, 3.63) is 5.21 Å². The van der Waals surface area contributed by atoms with E-state index in [4.69, 9.17) is 5.21 Å². The number of aldehydes is 1. The highest BCUT2D eigenvalue weighted by Crippen LogP contribution is 2.27. The molecule has 1 heterocycles. The zero-order valence-corrected chi connectivity index (χ0v) is 8.87. The van der Waals surface area contributed by atoms with Gasteiger partial charge in [-0.1, -0.05) is 5.16 Å². The molecule has 14 heavy (non-hydrogen) atoms. The molecule has 0 bridgehead atoms. The quantitative estimate of drug-likeness (QED) is 0.261. The van der Waals surface area contributed by atoms with Gasteiger partial charge in [0.15, 0.2) is 0 Å². The Morgan fingerprint density at radius 2 is 2.00 bits per heavy atom. The number of carbonyl (C=O) groups excluding carboxylic acids is 1. The maximum absolute atomic E-state index is 11.9. The molecule has 0 aromatic heterocycles. The third-order valence-corrected chi connectivity index (χ3v) is 3.11. The van der Waals surface area contributed by atoms with Crippen LogP contribution in [0.5, 0.6) is 0 Å². The SMILES string of the molecule is CC1(C)/C(=N/O)C(C=O)C(C)(C)[NH+]1[O-]. The van der Waals surface area contributed by atoms with Crippen LogP contribution in [-0.2, 0) is 4.79 Å². The fraction of sp³-hybridized carbons (Fsp3) is 0.778. The van der Waals surface area contributed by atoms with Crippen molar-refractivity contribution in [1.82, 2.24) is 0 Å². The van der Waals surface area contributed by atoms with E-state index in [1.165, 1.54) is 0 Å². The molecule has 2 atom stereocenters. The van der Waals surface area contributed by atoms with Crippen molar-refractivity contribution in [2.75, 3.05) is 0 Å². The number of carbonyl (C=O) groups is 1. The number of nitrogens with one attached hydrogen (secondary N) is 1. The van der Waals surface area contributed by atoms with Gasteiger partial charge in [-0.2, -0.15) is 0 Å². The molecular weight excluding hydrogens is 184 g/mol. The van der Waals surface area contributed by atoms with Gasteiger partial charge >= 0.3 is 0 Å².